The number of aliphatic hydroxyl groups excluding tert-OH is 1. The molecule has 2 rings (SSSR count). The highest BCUT2D eigenvalue weighted by Crippen LogP contribution is 2.22. The summed E-state index contributed by atoms with van der Waals surface area (Å²) in [6.07, 6.45) is 1.40. The van der Waals surface area contributed by atoms with Crippen LogP contribution in [-0.4, -0.2) is 22.2 Å². The second-order valence-corrected chi connectivity index (χ2v) is 4.04. The molecule has 0 bridgehead atoms. The first-order chi connectivity index (χ1) is 8.76. The largest absolute Gasteiger partial charge is 0.390 e. The van der Waals surface area contributed by atoms with Crippen LogP contribution in [0.25, 0.3) is 0 Å². The monoisotopic (exact) mass is 244 g/mol. The van der Waals surface area contributed by atoms with Crippen molar-refractivity contribution in [3.8, 4) is 0 Å². The highest BCUT2D eigenvalue weighted by Gasteiger charge is 2.17. The first kappa shape index (κ1) is 12.7. The van der Waals surface area contributed by atoms with E-state index in [1.807, 2.05) is 37.3 Å². The van der Waals surface area contributed by atoms with Crippen molar-refractivity contribution in [2.45, 2.75) is 19.6 Å². The van der Waals surface area contributed by atoms with Gasteiger partial charge in [-0.05, 0) is 18.1 Å². The Morgan fingerprint density at radius 3 is 2.61 bits per heavy atom. The predicted molar refractivity (Wildman–Crippen MR) is 68.0 cm³/mol. The van der Waals surface area contributed by atoms with Crippen LogP contribution in [0.1, 0.15) is 28.7 Å². The lowest BCUT2D eigenvalue weighted by molar-refractivity contribution is 0.128. The average Bonchev–Trinajstić information content (AvgIpc) is 2.42. The number of hydrogen-bond donors (Lipinski definition) is 1. The van der Waals surface area contributed by atoms with Gasteiger partial charge in [-0.2, -0.15) is 0 Å². The second kappa shape index (κ2) is 5.71. The number of aryl methyl sites for hydroxylation is 1. The first-order valence-corrected chi connectivity index (χ1v) is 5.77. The van der Waals surface area contributed by atoms with Crippen molar-refractivity contribution in [2.75, 3.05) is 7.11 Å². The van der Waals surface area contributed by atoms with Crippen molar-refractivity contribution in [3.05, 3.63) is 59.2 Å². The highest BCUT2D eigenvalue weighted by molar-refractivity contribution is 5.25. The van der Waals surface area contributed by atoms with Crippen molar-refractivity contribution in [1.29, 1.82) is 0 Å². The van der Waals surface area contributed by atoms with Crippen LogP contribution in [0, 0.1) is 6.92 Å². The summed E-state index contributed by atoms with van der Waals surface area (Å²) in [4.78, 5) is 8.64. The van der Waals surface area contributed by atoms with Crippen LogP contribution < -0.4 is 0 Å². The van der Waals surface area contributed by atoms with Gasteiger partial charge in [-0.3, -0.25) is 0 Å². The molecule has 1 aromatic carbocycles. The Labute approximate surface area is 106 Å². The van der Waals surface area contributed by atoms with Crippen molar-refractivity contribution >= 4 is 0 Å². The van der Waals surface area contributed by atoms with E-state index in [0.717, 1.165) is 11.1 Å². The van der Waals surface area contributed by atoms with Gasteiger partial charge in [0.15, 0.2) is 5.82 Å². The van der Waals surface area contributed by atoms with Gasteiger partial charge >= 0.3 is 0 Å². The Hall–Kier alpha value is -1.78. The molecular formula is C14H16N2O2. The molecule has 0 aliphatic rings. The smallest absolute Gasteiger partial charge is 0.162 e. The van der Waals surface area contributed by atoms with Gasteiger partial charge < -0.3 is 9.84 Å². The molecule has 1 N–H and O–H groups in total. The number of hydrogen-bond acceptors (Lipinski definition) is 4. The van der Waals surface area contributed by atoms with Gasteiger partial charge in [-0.25, -0.2) is 9.97 Å². The van der Waals surface area contributed by atoms with Gasteiger partial charge in [0.1, 0.15) is 6.10 Å². The van der Waals surface area contributed by atoms with Crippen LogP contribution >= 0.6 is 0 Å². The fourth-order valence-corrected chi connectivity index (χ4v) is 1.80. The third-order valence-corrected chi connectivity index (χ3v) is 2.82. The maximum absolute atomic E-state index is 9.24. The Bertz CT molecular complexity index is 514. The van der Waals surface area contributed by atoms with Gasteiger partial charge in [0.2, 0.25) is 0 Å². The van der Waals surface area contributed by atoms with E-state index in [-0.39, 0.29) is 12.7 Å². The number of benzene rings is 1. The number of methoxy groups -OCH3 is 1. The summed E-state index contributed by atoms with van der Waals surface area (Å²) >= 11 is 0. The Morgan fingerprint density at radius 2 is 2.00 bits per heavy atom. The lowest BCUT2D eigenvalue weighted by Gasteiger charge is -2.15. The molecule has 0 amide bonds. The third-order valence-electron chi connectivity index (χ3n) is 2.82. The summed E-state index contributed by atoms with van der Waals surface area (Å²) in [6.45, 7) is 1.78. The fourth-order valence-electron chi connectivity index (χ4n) is 1.80. The van der Waals surface area contributed by atoms with Crippen LogP contribution in [0.4, 0.5) is 0 Å². The molecule has 94 valence electrons. The molecule has 0 saturated carbocycles. The molecule has 0 spiro atoms. The quantitative estimate of drug-likeness (QED) is 0.894. The van der Waals surface area contributed by atoms with E-state index in [4.69, 9.17) is 4.74 Å². The van der Waals surface area contributed by atoms with E-state index in [9.17, 15) is 5.11 Å². The summed E-state index contributed by atoms with van der Waals surface area (Å²) in [5, 5.41) is 9.24. The highest BCUT2D eigenvalue weighted by atomic mass is 16.5. The average molecular weight is 244 g/mol. The molecule has 2 aromatic rings. The molecule has 0 saturated heterocycles. The number of aliphatic hydroxyl groups is 1. The topological polar surface area (TPSA) is 55.2 Å². The van der Waals surface area contributed by atoms with Crippen LogP contribution in [0.5, 0.6) is 0 Å². The number of aromatic nitrogens is 2. The molecule has 18 heavy (non-hydrogen) atoms. The Balaban J connectivity index is 2.39. The number of rotatable bonds is 4. The minimum absolute atomic E-state index is 0.0907. The minimum atomic E-state index is -0.308. The molecule has 0 radical (unpaired) electrons. The zero-order chi connectivity index (χ0) is 13.0. The first-order valence-electron chi connectivity index (χ1n) is 5.77. The van der Waals surface area contributed by atoms with Gasteiger partial charge in [0.25, 0.3) is 0 Å². The minimum Gasteiger partial charge on any atom is -0.390 e. The number of ether oxygens (including phenoxy) is 1. The second-order valence-electron chi connectivity index (χ2n) is 4.04. The van der Waals surface area contributed by atoms with E-state index < -0.39 is 0 Å². The Kier molecular flexibility index (Phi) is 4.02. The standard InChI is InChI=1S/C14H16N2O2/c1-10-8-15-14(16-12(10)9-17)13(18-2)11-6-4-3-5-7-11/h3-8,13,17H,9H2,1-2H3. The lowest BCUT2D eigenvalue weighted by Crippen LogP contribution is -2.10. The Morgan fingerprint density at radius 1 is 1.28 bits per heavy atom. The molecule has 0 aliphatic heterocycles. The summed E-state index contributed by atoms with van der Waals surface area (Å²) in [7, 11) is 1.62. The molecule has 1 atom stereocenters. The normalized spacial score (nSPS) is 12.4. The molecule has 4 heteroatoms. The zero-order valence-electron chi connectivity index (χ0n) is 10.5. The van der Waals surface area contributed by atoms with Gasteiger partial charge in [0.05, 0.1) is 12.3 Å². The molecular weight excluding hydrogens is 228 g/mol. The third kappa shape index (κ3) is 2.55. The van der Waals surface area contributed by atoms with Crippen molar-refractivity contribution in [3.63, 3.8) is 0 Å². The molecule has 1 heterocycles. The van der Waals surface area contributed by atoms with E-state index in [1.165, 1.54) is 0 Å². The maximum atomic E-state index is 9.24. The summed E-state index contributed by atoms with van der Waals surface area (Å²) in [6, 6.07) is 9.78. The molecule has 4 nitrogen and oxygen atoms in total. The summed E-state index contributed by atoms with van der Waals surface area (Å²) < 4.78 is 5.46. The van der Waals surface area contributed by atoms with Gasteiger partial charge in [-0.15, -0.1) is 0 Å². The van der Waals surface area contributed by atoms with Crippen LogP contribution in [0.2, 0.25) is 0 Å². The lowest BCUT2D eigenvalue weighted by atomic mass is 10.1. The SMILES string of the molecule is COC(c1ccccc1)c1ncc(C)c(CO)n1. The number of nitrogens with zero attached hydrogens (tertiary/aromatic N) is 2. The maximum Gasteiger partial charge on any atom is 0.162 e. The molecule has 0 fully saturated rings. The summed E-state index contributed by atoms with van der Waals surface area (Å²) in [5.41, 5.74) is 2.51. The van der Waals surface area contributed by atoms with Crippen LogP contribution in [0.3, 0.4) is 0 Å². The zero-order valence-corrected chi connectivity index (χ0v) is 10.5. The molecule has 1 aromatic heterocycles. The van der Waals surface area contributed by atoms with E-state index >= 15 is 0 Å². The van der Waals surface area contributed by atoms with Crippen molar-refractivity contribution in [2.24, 2.45) is 0 Å². The molecule has 1 unspecified atom stereocenters. The van der Waals surface area contributed by atoms with Crippen LogP contribution in [-0.2, 0) is 11.3 Å². The van der Waals surface area contributed by atoms with Crippen LogP contribution in [0.15, 0.2) is 36.5 Å². The van der Waals surface area contributed by atoms with E-state index in [2.05, 4.69) is 9.97 Å². The van der Waals surface area contributed by atoms with Gasteiger partial charge in [-0.1, -0.05) is 30.3 Å². The molecule has 0 aliphatic carbocycles. The van der Waals surface area contributed by atoms with Gasteiger partial charge in [0, 0.05) is 13.3 Å². The van der Waals surface area contributed by atoms with E-state index in [1.54, 1.807) is 13.3 Å². The summed E-state index contributed by atoms with van der Waals surface area (Å²) in [5.74, 6) is 0.568. The predicted octanol–water partition coefficient (Wildman–Crippen LogP) is 2.01. The van der Waals surface area contributed by atoms with E-state index in [0.29, 0.717) is 11.5 Å². The fraction of sp³-hybridized carbons (Fsp3) is 0.286. The van der Waals surface area contributed by atoms with Crippen molar-refractivity contribution < 1.29 is 9.84 Å². The van der Waals surface area contributed by atoms with Crippen molar-refractivity contribution in [1.82, 2.24) is 9.97 Å².